The molecule has 1 heterocycles. The van der Waals surface area contributed by atoms with Gasteiger partial charge in [-0.15, -0.1) is 13.2 Å². The SMILES string of the molecule is C=CCN(CC=C)C(=O)c1cc2ccccc2[nH]1. The van der Waals surface area contributed by atoms with Crippen molar-refractivity contribution in [3.63, 3.8) is 0 Å². The Morgan fingerprint density at radius 1 is 1.22 bits per heavy atom. The number of carbonyl (C=O) groups excluding carboxylic acids is 1. The van der Waals surface area contributed by atoms with Gasteiger partial charge in [-0.2, -0.15) is 0 Å². The minimum absolute atomic E-state index is 0.0361. The van der Waals surface area contributed by atoms with E-state index in [-0.39, 0.29) is 5.91 Å². The second-order valence-corrected chi connectivity index (χ2v) is 4.06. The molecule has 18 heavy (non-hydrogen) atoms. The molecule has 0 unspecified atom stereocenters. The molecule has 0 saturated carbocycles. The van der Waals surface area contributed by atoms with Gasteiger partial charge in [0, 0.05) is 24.0 Å². The van der Waals surface area contributed by atoms with Gasteiger partial charge in [-0.25, -0.2) is 0 Å². The van der Waals surface area contributed by atoms with Crippen LogP contribution in [0.4, 0.5) is 0 Å². The number of aromatic nitrogens is 1. The molecular weight excluding hydrogens is 224 g/mol. The lowest BCUT2D eigenvalue weighted by Crippen LogP contribution is -2.31. The standard InChI is InChI=1S/C15H16N2O/c1-3-9-17(10-4-2)15(18)14-11-12-7-5-6-8-13(12)16-14/h3-8,11,16H,1-2,9-10H2. The Hall–Kier alpha value is -2.29. The Morgan fingerprint density at radius 3 is 2.50 bits per heavy atom. The van der Waals surface area contributed by atoms with Crippen molar-refractivity contribution < 1.29 is 4.79 Å². The molecule has 3 nitrogen and oxygen atoms in total. The predicted molar refractivity (Wildman–Crippen MR) is 74.6 cm³/mol. The van der Waals surface area contributed by atoms with Gasteiger partial charge >= 0.3 is 0 Å². The summed E-state index contributed by atoms with van der Waals surface area (Å²) >= 11 is 0. The summed E-state index contributed by atoms with van der Waals surface area (Å²) in [4.78, 5) is 17.1. The molecule has 2 rings (SSSR count). The van der Waals surface area contributed by atoms with E-state index in [0.29, 0.717) is 18.8 Å². The maximum absolute atomic E-state index is 12.3. The van der Waals surface area contributed by atoms with Crippen molar-refractivity contribution in [2.24, 2.45) is 0 Å². The van der Waals surface area contributed by atoms with Gasteiger partial charge in [0.1, 0.15) is 5.69 Å². The van der Waals surface area contributed by atoms with E-state index in [1.165, 1.54) is 0 Å². The van der Waals surface area contributed by atoms with Crippen LogP contribution in [-0.4, -0.2) is 28.9 Å². The highest BCUT2D eigenvalue weighted by Crippen LogP contribution is 2.16. The van der Waals surface area contributed by atoms with E-state index >= 15 is 0 Å². The van der Waals surface area contributed by atoms with Gasteiger partial charge in [0.05, 0.1) is 0 Å². The summed E-state index contributed by atoms with van der Waals surface area (Å²) in [5.41, 5.74) is 1.57. The summed E-state index contributed by atoms with van der Waals surface area (Å²) < 4.78 is 0. The molecule has 0 aliphatic heterocycles. The highest BCUT2D eigenvalue weighted by Gasteiger charge is 2.15. The maximum Gasteiger partial charge on any atom is 0.270 e. The van der Waals surface area contributed by atoms with Crippen molar-refractivity contribution in [3.05, 3.63) is 61.3 Å². The fourth-order valence-corrected chi connectivity index (χ4v) is 1.91. The highest BCUT2D eigenvalue weighted by molar-refractivity contribution is 5.98. The average molecular weight is 240 g/mol. The van der Waals surface area contributed by atoms with E-state index in [1.54, 1.807) is 17.1 Å². The monoisotopic (exact) mass is 240 g/mol. The van der Waals surface area contributed by atoms with Crippen LogP contribution in [-0.2, 0) is 0 Å². The first-order valence-corrected chi connectivity index (χ1v) is 5.85. The smallest absolute Gasteiger partial charge is 0.270 e. The van der Waals surface area contributed by atoms with Gasteiger partial charge in [0.15, 0.2) is 0 Å². The van der Waals surface area contributed by atoms with Gasteiger partial charge < -0.3 is 9.88 Å². The summed E-state index contributed by atoms with van der Waals surface area (Å²) in [6, 6.07) is 9.70. The molecule has 1 aromatic heterocycles. The lowest BCUT2D eigenvalue weighted by Gasteiger charge is -2.18. The molecule has 0 fully saturated rings. The molecule has 0 radical (unpaired) electrons. The van der Waals surface area contributed by atoms with E-state index < -0.39 is 0 Å². The summed E-state index contributed by atoms with van der Waals surface area (Å²) in [6.07, 6.45) is 3.42. The fourth-order valence-electron chi connectivity index (χ4n) is 1.91. The first kappa shape index (κ1) is 12.2. The lowest BCUT2D eigenvalue weighted by molar-refractivity contribution is 0.0786. The number of fused-ring (bicyclic) bond motifs is 1. The third-order valence-electron chi connectivity index (χ3n) is 2.75. The molecule has 0 bridgehead atoms. The zero-order chi connectivity index (χ0) is 13.0. The molecule has 2 aromatic rings. The second kappa shape index (κ2) is 5.36. The van der Waals surface area contributed by atoms with Gasteiger partial charge in [-0.1, -0.05) is 30.4 Å². The summed E-state index contributed by atoms with van der Waals surface area (Å²) in [5, 5.41) is 1.04. The molecule has 0 atom stereocenters. The van der Waals surface area contributed by atoms with Crippen molar-refractivity contribution in [1.29, 1.82) is 0 Å². The number of nitrogens with one attached hydrogen (secondary N) is 1. The van der Waals surface area contributed by atoms with E-state index in [1.807, 2.05) is 30.3 Å². The quantitative estimate of drug-likeness (QED) is 0.801. The highest BCUT2D eigenvalue weighted by atomic mass is 16.2. The van der Waals surface area contributed by atoms with E-state index in [4.69, 9.17) is 0 Å². The third-order valence-corrected chi connectivity index (χ3v) is 2.75. The number of H-pyrrole nitrogens is 1. The molecule has 3 heteroatoms. The number of amides is 1. The predicted octanol–water partition coefficient (Wildman–Crippen LogP) is 2.98. The molecule has 1 amide bonds. The topological polar surface area (TPSA) is 36.1 Å². The van der Waals surface area contributed by atoms with Crippen molar-refractivity contribution in [2.75, 3.05) is 13.1 Å². The Morgan fingerprint density at radius 2 is 1.89 bits per heavy atom. The molecule has 0 saturated heterocycles. The second-order valence-electron chi connectivity index (χ2n) is 4.06. The number of carbonyl (C=O) groups is 1. The van der Waals surface area contributed by atoms with Crippen LogP contribution in [0.2, 0.25) is 0 Å². The molecular formula is C15H16N2O. The Balaban J connectivity index is 2.30. The zero-order valence-electron chi connectivity index (χ0n) is 10.2. The Labute approximate surface area is 106 Å². The molecule has 0 aliphatic rings. The van der Waals surface area contributed by atoms with Gasteiger partial charge in [0.2, 0.25) is 0 Å². The number of nitrogens with zero attached hydrogens (tertiary/aromatic N) is 1. The van der Waals surface area contributed by atoms with Crippen LogP contribution >= 0.6 is 0 Å². The van der Waals surface area contributed by atoms with Crippen molar-refractivity contribution in [2.45, 2.75) is 0 Å². The number of rotatable bonds is 5. The van der Waals surface area contributed by atoms with E-state index in [9.17, 15) is 4.79 Å². The fraction of sp³-hybridized carbons (Fsp3) is 0.133. The first-order valence-electron chi connectivity index (χ1n) is 5.85. The Kier molecular flexibility index (Phi) is 3.63. The van der Waals surface area contributed by atoms with Crippen LogP contribution in [0.3, 0.4) is 0 Å². The first-order chi connectivity index (χ1) is 8.76. The minimum Gasteiger partial charge on any atom is -0.351 e. The van der Waals surface area contributed by atoms with E-state index in [0.717, 1.165) is 10.9 Å². The summed E-state index contributed by atoms with van der Waals surface area (Å²) in [5.74, 6) is -0.0361. The van der Waals surface area contributed by atoms with Crippen molar-refractivity contribution in [3.8, 4) is 0 Å². The maximum atomic E-state index is 12.3. The van der Waals surface area contributed by atoms with Gasteiger partial charge in [-0.05, 0) is 12.1 Å². The normalized spacial score (nSPS) is 10.2. The van der Waals surface area contributed by atoms with E-state index in [2.05, 4.69) is 18.1 Å². The average Bonchev–Trinajstić information content (AvgIpc) is 2.81. The molecule has 1 aromatic carbocycles. The Bertz CT molecular complexity index is 540. The zero-order valence-corrected chi connectivity index (χ0v) is 10.2. The number of hydrogen-bond donors (Lipinski definition) is 1. The largest absolute Gasteiger partial charge is 0.351 e. The molecule has 0 spiro atoms. The number of aromatic amines is 1. The minimum atomic E-state index is -0.0361. The molecule has 92 valence electrons. The van der Waals surface area contributed by atoms with Crippen LogP contribution in [0.25, 0.3) is 10.9 Å². The van der Waals surface area contributed by atoms with Crippen LogP contribution in [0.15, 0.2) is 55.6 Å². The van der Waals surface area contributed by atoms with Crippen molar-refractivity contribution >= 4 is 16.8 Å². The van der Waals surface area contributed by atoms with Gasteiger partial charge in [-0.3, -0.25) is 4.79 Å². The lowest BCUT2D eigenvalue weighted by atomic mass is 10.2. The van der Waals surface area contributed by atoms with Crippen LogP contribution < -0.4 is 0 Å². The number of para-hydroxylation sites is 1. The van der Waals surface area contributed by atoms with Crippen LogP contribution in [0.5, 0.6) is 0 Å². The summed E-state index contributed by atoms with van der Waals surface area (Å²) in [6.45, 7) is 8.35. The number of benzene rings is 1. The van der Waals surface area contributed by atoms with Crippen molar-refractivity contribution in [1.82, 2.24) is 9.88 Å². The third kappa shape index (κ3) is 2.35. The van der Waals surface area contributed by atoms with Gasteiger partial charge in [0.25, 0.3) is 5.91 Å². The molecule has 1 N–H and O–H groups in total. The summed E-state index contributed by atoms with van der Waals surface area (Å²) in [7, 11) is 0. The molecule has 0 aliphatic carbocycles. The van der Waals surface area contributed by atoms with Crippen LogP contribution in [0.1, 0.15) is 10.5 Å². The number of hydrogen-bond acceptors (Lipinski definition) is 1. The van der Waals surface area contributed by atoms with Crippen LogP contribution in [0, 0.1) is 0 Å².